The summed E-state index contributed by atoms with van der Waals surface area (Å²) in [6.07, 6.45) is 10.9. The van der Waals surface area contributed by atoms with Gasteiger partial charge in [0.25, 0.3) is 0 Å². The molecule has 8 heterocycles. The van der Waals surface area contributed by atoms with Crippen LogP contribution < -0.4 is 18.3 Å². The van der Waals surface area contributed by atoms with E-state index in [2.05, 4.69) is 299 Å². The lowest BCUT2D eigenvalue weighted by atomic mass is 9.85. The zero-order valence-electron chi connectivity index (χ0n) is 68.0. The number of aromatic nitrogens is 4. The highest BCUT2D eigenvalue weighted by molar-refractivity contribution is 6.23. The van der Waals surface area contributed by atoms with E-state index in [-0.39, 0.29) is 5.92 Å². The van der Waals surface area contributed by atoms with Crippen LogP contribution in [0.2, 0.25) is 0 Å². The van der Waals surface area contributed by atoms with E-state index in [1.165, 1.54) is 110 Å². The molecule has 0 bridgehead atoms. The minimum atomic E-state index is -1.39. The standard InChI is InChI=1S/C30H30NO.C25H22NO.C24H20NO.C23H18NO/c1-20-16-26-29(32-28-13-12-23-10-6-7-11-24(23)30(26)28)19-25(20)27-18-22(14-15-31(27)2)17-21-8-4-3-5-9-21;1-4-17-11-12-26(3)22(14-17)20-15-21-24(13-16(20)2)27-23-10-9-18-7-5-6-8-19(18)25(21)23;1-15-10-11-25(3)21(12-15)19-14-20-23(13-16(19)2)26-22-9-8-17-6-4-5-7-18(17)24(20)22;1-15-13-22-19(14-18(15)20-9-5-6-12-24(20)2)23-17-8-4-3-7-16(17)10-11-21(23)25-22/h6-7,10-16,18-19,21H,3-5,8-9,17H2,1-2H3;5-15H,4H2,1-3H3;4-14H,1-3H3;3-14H,1-2H3/q4*+1/i17D2;4D2;;. The summed E-state index contributed by atoms with van der Waals surface area (Å²) in [4.78, 5) is 0. The summed E-state index contributed by atoms with van der Waals surface area (Å²) in [5.41, 5.74) is 23.8. The Morgan fingerprint density at radius 3 is 1.08 bits per heavy atom. The Morgan fingerprint density at radius 1 is 0.300 bits per heavy atom. The summed E-state index contributed by atoms with van der Waals surface area (Å²) in [5, 5.41) is 19.0. The maximum Gasteiger partial charge on any atom is 0.212 e. The Hall–Kier alpha value is -12.5. The Morgan fingerprint density at radius 2 is 0.645 bits per heavy atom. The number of nitrogens with zero attached hydrogens (tertiary/aromatic N) is 4. The van der Waals surface area contributed by atoms with Gasteiger partial charge in [0.1, 0.15) is 72.9 Å². The molecule has 0 N–H and O–H groups in total. The van der Waals surface area contributed by atoms with E-state index in [4.69, 9.17) is 23.2 Å². The van der Waals surface area contributed by atoms with Crippen LogP contribution in [0.4, 0.5) is 0 Å². The van der Waals surface area contributed by atoms with E-state index in [1.54, 1.807) is 6.92 Å². The normalized spacial score (nSPS) is 13.5. The summed E-state index contributed by atoms with van der Waals surface area (Å²) >= 11 is 0. The number of aryl methyl sites for hydroxylation is 10. The van der Waals surface area contributed by atoms with Gasteiger partial charge in [-0.25, -0.2) is 18.3 Å². The van der Waals surface area contributed by atoms with Gasteiger partial charge in [-0.15, -0.1) is 0 Å². The molecule has 538 valence electrons. The lowest BCUT2D eigenvalue weighted by Gasteiger charge is -2.21. The number of rotatable bonds is 7. The highest BCUT2D eigenvalue weighted by Gasteiger charge is 2.25. The van der Waals surface area contributed by atoms with E-state index in [9.17, 15) is 0 Å². The summed E-state index contributed by atoms with van der Waals surface area (Å²) in [5.74, 6) is 0.0917. The van der Waals surface area contributed by atoms with Crippen molar-refractivity contribution in [2.75, 3.05) is 0 Å². The highest BCUT2D eigenvalue weighted by atomic mass is 16.3. The third-order valence-corrected chi connectivity index (χ3v) is 22.9. The van der Waals surface area contributed by atoms with E-state index in [0.717, 1.165) is 131 Å². The van der Waals surface area contributed by atoms with Gasteiger partial charge in [-0.05, 0) is 214 Å². The van der Waals surface area contributed by atoms with Gasteiger partial charge in [-0.2, -0.15) is 0 Å². The molecule has 0 spiro atoms. The molecular weight excluding hydrogens is 1350 g/mol. The van der Waals surface area contributed by atoms with Crippen molar-refractivity contribution in [2.45, 2.75) is 86.4 Å². The second kappa shape index (κ2) is 28.6. The summed E-state index contributed by atoms with van der Waals surface area (Å²) in [6.45, 7) is 12.2. The number of furan rings is 4. The molecular formula is C102H90N4O4+4. The van der Waals surface area contributed by atoms with Crippen LogP contribution in [0.25, 0.3) is 176 Å². The molecule has 1 aliphatic rings. The minimum absolute atomic E-state index is 0.0917. The fourth-order valence-corrected chi connectivity index (χ4v) is 17.0. The Bertz CT molecular complexity index is 7250. The summed E-state index contributed by atoms with van der Waals surface area (Å²) in [6, 6.07) is 86.6. The fourth-order valence-electron chi connectivity index (χ4n) is 17.0. The van der Waals surface area contributed by atoms with Gasteiger partial charge in [-0.1, -0.05) is 160 Å². The van der Waals surface area contributed by atoms with Crippen LogP contribution in [0, 0.1) is 40.5 Å². The maximum atomic E-state index is 8.96. The number of hydrogen-bond donors (Lipinski definition) is 0. The zero-order valence-corrected chi connectivity index (χ0v) is 64.0. The Labute approximate surface area is 646 Å². The topological polar surface area (TPSA) is 68.1 Å². The molecule has 21 rings (SSSR count). The molecule has 1 saturated carbocycles. The Balaban J connectivity index is 0.000000106. The quantitative estimate of drug-likeness (QED) is 0.149. The third kappa shape index (κ3) is 12.7. The van der Waals surface area contributed by atoms with Crippen LogP contribution in [0.5, 0.6) is 0 Å². The second-order valence-electron chi connectivity index (χ2n) is 30.2. The second-order valence-corrected chi connectivity index (χ2v) is 30.2. The molecule has 0 radical (unpaired) electrons. The van der Waals surface area contributed by atoms with Crippen LogP contribution in [0.3, 0.4) is 0 Å². The van der Waals surface area contributed by atoms with Crippen LogP contribution in [-0.2, 0) is 40.9 Å². The van der Waals surface area contributed by atoms with Crippen molar-refractivity contribution in [3.05, 3.63) is 312 Å². The van der Waals surface area contributed by atoms with Gasteiger partial charge in [-0.3, -0.25) is 0 Å². The van der Waals surface area contributed by atoms with Crippen molar-refractivity contribution in [2.24, 2.45) is 34.1 Å². The van der Waals surface area contributed by atoms with E-state index in [0.29, 0.717) is 5.56 Å². The smallest absolute Gasteiger partial charge is 0.212 e. The van der Waals surface area contributed by atoms with Crippen molar-refractivity contribution < 1.29 is 41.4 Å². The molecule has 110 heavy (non-hydrogen) atoms. The van der Waals surface area contributed by atoms with E-state index < -0.39 is 12.7 Å². The lowest BCUT2D eigenvalue weighted by Crippen LogP contribution is -2.31. The molecule has 8 aromatic heterocycles. The van der Waals surface area contributed by atoms with E-state index >= 15 is 0 Å². The SMILES string of the molecule is Cc1cc2oc3ccc4ccccc4c3c2cc1-c1cccc[n+]1C.Cc1cc[n+](C)c(-c2cc3c(cc2C)oc2ccc4ccccc4c23)c1.[2H]C([2H])(C)c1cc[n+](C)c(-c2cc3c(cc2C)oc2ccc4ccccc4c23)c1.[2H]C([2H])(c1cc[n+](C)c(-c2cc3oc4ccc5ccccc5c4c3cc2C)c1)C1CCCCC1. The molecule has 20 aromatic rings. The summed E-state index contributed by atoms with van der Waals surface area (Å²) < 4.78 is 67.5. The minimum Gasteiger partial charge on any atom is -0.456 e. The molecule has 1 fully saturated rings. The zero-order chi connectivity index (χ0) is 78.6. The molecule has 8 nitrogen and oxygen atoms in total. The van der Waals surface area contributed by atoms with Crippen LogP contribution >= 0.6 is 0 Å². The molecule has 1 aliphatic carbocycles. The molecule has 12 aromatic carbocycles. The van der Waals surface area contributed by atoms with Crippen LogP contribution in [0.15, 0.2) is 291 Å². The maximum absolute atomic E-state index is 8.96. The number of pyridine rings is 4. The number of fused-ring (bicyclic) bond motifs is 20. The first-order valence-electron chi connectivity index (χ1n) is 40.4. The number of hydrogen-bond acceptors (Lipinski definition) is 4. The predicted molar refractivity (Wildman–Crippen MR) is 455 cm³/mol. The lowest BCUT2D eigenvalue weighted by molar-refractivity contribution is -0.660. The van der Waals surface area contributed by atoms with Gasteiger partial charge in [0.15, 0.2) is 24.8 Å². The van der Waals surface area contributed by atoms with Gasteiger partial charge < -0.3 is 17.7 Å². The molecule has 0 unspecified atom stereocenters. The van der Waals surface area contributed by atoms with Gasteiger partial charge in [0.05, 0.1) is 5.56 Å². The number of benzene rings is 12. The molecule has 0 aliphatic heterocycles. The largest absolute Gasteiger partial charge is 0.456 e. The first kappa shape index (κ1) is 64.6. The van der Waals surface area contributed by atoms with E-state index in [1.807, 2.05) is 55.3 Å². The predicted octanol–water partition coefficient (Wildman–Crippen LogP) is 25.2. The van der Waals surface area contributed by atoms with Gasteiger partial charge >= 0.3 is 0 Å². The Kier molecular flexibility index (Phi) is 16.8. The fraction of sp³-hybridized carbons (Fsp3) is 0.176. The molecule has 0 atom stereocenters. The molecule has 0 saturated heterocycles. The van der Waals surface area contributed by atoms with Gasteiger partial charge in [0.2, 0.25) is 22.8 Å². The van der Waals surface area contributed by atoms with Gasteiger partial charge in [0, 0.05) is 114 Å². The highest BCUT2D eigenvalue weighted by Crippen LogP contribution is 2.43. The van der Waals surface area contributed by atoms with Crippen molar-refractivity contribution >= 4 is 131 Å². The van der Waals surface area contributed by atoms with Crippen LogP contribution in [-0.4, -0.2) is 0 Å². The first-order valence-corrected chi connectivity index (χ1v) is 38.4. The monoisotopic (exact) mass is 1440 g/mol. The average Bonchev–Trinajstić information content (AvgIpc) is 1.60. The van der Waals surface area contributed by atoms with Crippen molar-refractivity contribution in [1.29, 1.82) is 0 Å². The molecule has 0 amide bonds. The average molecular weight is 1440 g/mol. The molecule has 8 heteroatoms. The van der Waals surface area contributed by atoms with Crippen LogP contribution in [0.1, 0.15) is 83.5 Å². The third-order valence-electron chi connectivity index (χ3n) is 22.9. The first-order chi connectivity index (χ1) is 55.1. The summed E-state index contributed by atoms with van der Waals surface area (Å²) in [7, 11) is 8.21. The van der Waals surface area contributed by atoms with Crippen molar-refractivity contribution in [1.82, 2.24) is 0 Å². The van der Waals surface area contributed by atoms with Crippen molar-refractivity contribution in [3.8, 4) is 45.0 Å². The van der Waals surface area contributed by atoms with Crippen molar-refractivity contribution in [3.63, 3.8) is 0 Å².